The fraction of sp³-hybridized carbons (Fsp3) is 0.412. The number of hydrogen-bond donors (Lipinski definition) is 3. The van der Waals surface area contributed by atoms with E-state index in [4.69, 9.17) is 4.74 Å². The van der Waals surface area contributed by atoms with Crippen LogP contribution in [0, 0.1) is 0 Å². The van der Waals surface area contributed by atoms with Gasteiger partial charge in [-0.15, -0.1) is 0 Å². The Morgan fingerprint density at radius 2 is 2.09 bits per heavy atom. The van der Waals surface area contributed by atoms with E-state index in [1.807, 2.05) is 30.5 Å². The Morgan fingerprint density at radius 1 is 1.35 bits per heavy atom. The van der Waals surface area contributed by atoms with Crippen molar-refractivity contribution >= 4 is 22.8 Å². The zero-order chi connectivity index (χ0) is 16.9. The molecule has 0 spiro atoms. The molecule has 0 saturated heterocycles. The first-order valence-electron chi connectivity index (χ1n) is 7.54. The third kappa shape index (κ3) is 4.10. The van der Waals surface area contributed by atoms with Crippen LogP contribution in [0.2, 0.25) is 0 Å². The summed E-state index contributed by atoms with van der Waals surface area (Å²) in [7, 11) is 1.41. The minimum atomic E-state index is -1.40. The fourth-order valence-corrected chi connectivity index (χ4v) is 2.59. The molecule has 0 bridgehead atoms. The second kappa shape index (κ2) is 7.28. The van der Waals surface area contributed by atoms with Gasteiger partial charge in [0, 0.05) is 30.6 Å². The van der Waals surface area contributed by atoms with Crippen LogP contribution in [0.4, 0.5) is 0 Å². The number of rotatable bonds is 8. The topological polar surface area (TPSA) is 91.4 Å². The average Bonchev–Trinajstić information content (AvgIpc) is 2.91. The second-order valence-electron chi connectivity index (χ2n) is 5.83. The van der Waals surface area contributed by atoms with Crippen LogP contribution in [0.3, 0.4) is 0 Å². The van der Waals surface area contributed by atoms with Gasteiger partial charge >= 0.3 is 5.97 Å². The Hall–Kier alpha value is -2.34. The standard InChI is InChI=1S/C17H22N2O4/c1-17(11-23-2,16(21)22)19-15(20)9-5-6-12-10-18-14-8-4-3-7-13(12)14/h3-4,7-8,10,18H,5-6,9,11H2,1-2H3,(H,19,20)(H,21,22). The molecule has 124 valence electrons. The summed E-state index contributed by atoms with van der Waals surface area (Å²) in [4.78, 5) is 26.4. The molecule has 0 saturated carbocycles. The van der Waals surface area contributed by atoms with Gasteiger partial charge in [-0.3, -0.25) is 4.79 Å². The number of benzene rings is 1. The number of aryl methyl sites for hydroxylation is 1. The number of aliphatic carboxylic acids is 1. The number of nitrogens with one attached hydrogen (secondary N) is 2. The van der Waals surface area contributed by atoms with E-state index in [9.17, 15) is 14.7 Å². The maximum atomic E-state index is 12.0. The highest BCUT2D eigenvalue weighted by atomic mass is 16.5. The molecule has 6 heteroatoms. The number of carboxylic acids is 1. The number of H-pyrrole nitrogens is 1. The van der Waals surface area contributed by atoms with Crippen LogP contribution in [-0.2, 0) is 20.7 Å². The number of hydrogen-bond acceptors (Lipinski definition) is 3. The molecule has 1 aromatic carbocycles. The van der Waals surface area contributed by atoms with E-state index in [0.29, 0.717) is 6.42 Å². The normalized spacial score (nSPS) is 13.7. The molecule has 0 aliphatic rings. The van der Waals surface area contributed by atoms with E-state index < -0.39 is 11.5 Å². The van der Waals surface area contributed by atoms with Crippen LogP contribution in [0.1, 0.15) is 25.3 Å². The van der Waals surface area contributed by atoms with Crippen LogP contribution in [-0.4, -0.2) is 41.2 Å². The molecular weight excluding hydrogens is 296 g/mol. The number of aromatic amines is 1. The molecule has 23 heavy (non-hydrogen) atoms. The monoisotopic (exact) mass is 318 g/mol. The van der Waals surface area contributed by atoms with Crippen LogP contribution >= 0.6 is 0 Å². The number of carbonyl (C=O) groups is 2. The molecular formula is C17H22N2O4. The molecule has 1 aromatic heterocycles. The third-order valence-corrected chi connectivity index (χ3v) is 3.85. The van der Waals surface area contributed by atoms with E-state index in [-0.39, 0.29) is 18.9 Å². The van der Waals surface area contributed by atoms with E-state index in [1.54, 1.807) is 0 Å². The Labute approximate surface area is 134 Å². The van der Waals surface area contributed by atoms with Crippen molar-refractivity contribution in [2.45, 2.75) is 31.7 Å². The molecule has 3 N–H and O–H groups in total. The summed E-state index contributed by atoms with van der Waals surface area (Å²) in [6, 6.07) is 8.00. The maximum Gasteiger partial charge on any atom is 0.331 e. The lowest BCUT2D eigenvalue weighted by Crippen LogP contribution is -2.55. The lowest BCUT2D eigenvalue weighted by atomic mass is 10.0. The summed E-state index contributed by atoms with van der Waals surface area (Å²) in [5.41, 5.74) is 0.837. The summed E-state index contributed by atoms with van der Waals surface area (Å²) in [5, 5.41) is 12.9. The Balaban J connectivity index is 1.88. The second-order valence-corrected chi connectivity index (χ2v) is 5.83. The van der Waals surface area contributed by atoms with Gasteiger partial charge in [-0.05, 0) is 31.4 Å². The molecule has 2 rings (SSSR count). The van der Waals surface area contributed by atoms with Crippen LogP contribution < -0.4 is 5.32 Å². The van der Waals surface area contributed by atoms with Gasteiger partial charge < -0.3 is 20.1 Å². The molecule has 0 fully saturated rings. The van der Waals surface area contributed by atoms with Gasteiger partial charge in [0.2, 0.25) is 5.91 Å². The number of para-hydroxylation sites is 1. The molecule has 2 aromatic rings. The molecule has 0 radical (unpaired) electrons. The smallest absolute Gasteiger partial charge is 0.331 e. The zero-order valence-electron chi connectivity index (χ0n) is 13.4. The van der Waals surface area contributed by atoms with Gasteiger partial charge in [0.05, 0.1) is 6.61 Å². The predicted molar refractivity (Wildman–Crippen MR) is 87.3 cm³/mol. The fourth-order valence-electron chi connectivity index (χ4n) is 2.59. The molecule has 1 unspecified atom stereocenters. The number of carboxylic acid groups (broad SMARTS) is 1. The van der Waals surface area contributed by atoms with Crippen molar-refractivity contribution in [2.75, 3.05) is 13.7 Å². The molecule has 0 aliphatic carbocycles. The number of fused-ring (bicyclic) bond motifs is 1. The van der Waals surface area contributed by atoms with E-state index >= 15 is 0 Å². The summed E-state index contributed by atoms with van der Waals surface area (Å²) in [6.07, 6.45) is 3.63. The van der Waals surface area contributed by atoms with E-state index in [1.165, 1.54) is 14.0 Å². The van der Waals surface area contributed by atoms with Gasteiger partial charge in [-0.1, -0.05) is 18.2 Å². The number of methoxy groups -OCH3 is 1. The van der Waals surface area contributed by atoms with Crippen molar-refractivity contribution in [3.8, 4) is 0 Å². The van der Waals surface area contributed by atoms with Crippen molar-refractivity contribution in [1.82, 2.24) is 10.3 Å². The summed E-state index contributed by atoms with van der Waals surface area (Å²) < 4.78 is 4.88. The number of carbonyl (C=O) groups excluding carboxylic acids is 1. The van der Waals surface area contributed by atoms with Crippen molar-refractivity contribution in [1.29, 1.82) is 0 Å². The van der Waals surface area contributed by atoms with Crippen molar-refractivity contribution in [2.24, 2.45) is 0 Å². The van der Waals surface area contributed by atoms with Crippen molar-refractivity contribution < 1.29 is 19.4 Å². The SMILES string of the molecule is COCC(C)(NC(=O)CCCc1c[nH]c2ccccc12)C(=O)O. The summed E-state index contributed by atoms with van der Waals surface area (Å²) in [5.74, 6) is -1.39. The Kier molecular flexibility index (Phi) is 5.39. The van der Waals surface area contributed by atoms with Crippen molar-refractivity contribution in [3.05, 3.63) is 36.0 Å². The average molecular weight is 318 g/mol. The van der Waals surface area contributed by atoms with Crippen LogP contribution in [0.15, 0.2) is 30.5 Å². The molecule has 0 aliphatic heterocycles. The van der Waals surface area contributed by atoms with E-state index in [0.717, 1.165) is 22.9 Å². The Bertz CT molecular complexity index is 695. The zero-order valence-corrected chi connectivity index (χ0v) is 13.4. The quantitative estimate of drug-likeness (QED) is 0.695. The number of ether oxygens (including phenoxy) is 1. The van der Waals surface area contributed by atoms with Gasteiger partial charge in [0.1, 0.15) is 0 Å². The Morgan fingerprint density at radius 3 is 2.78 bits per heavy atom. The minimum Gasteiger partial charge on any atom is -0.479 e. The van der Waals surface area contributed by atoms with Gasteiger partial charge in [-0.25, -0.2) is 4.79 Å². The van der Waals surface area contributed by atoms with Gasteiger partial charge in [-0.2, -0.15) is 0 Å². The predicted octanol–water partition coefficient (Wildman–Crippen LogP) is 2.10. The highest BCUT2D eigenvalue weighted by Gasteiger charge is 2.34. The first-order chi connectivity index (χ1) is 11.0. The van der Waals surface area contributed by atoms with Crippen molar-refractivity contribution in [3.63, 3.8) is 0 Å². The molecule has 1 amide bonds. The van der Waals surface area contributed by atoms with Gasteiger partial charge in [0.15, 0.2) is 5.54 Å². The van der Waals surface area contributed by atoms with E-state index in [2.05, 4.69) is 10.3 Å². The highest BCUT2D eigenvalue weighted by molar-refractivity contribution is 5.87. The molecule has 6 nitrogen and oxygen atoms in total. The van der Waals surface area contributed by atoms with Crippen LogP contribution in [0.5, 0.6) is 0 Å². The lowest BCUT2D eigenvalue weighted by molar-refractivity contribution is -0.149. The minimum absolute atomic E-state index is 0.0729. The van der Waals surface area contributed by atoms with Gasteiger partial charge in [0.25, 0.3) is 0 Å². The first kappa shape index (κ1) is 17.0. The highest BCUT2D eigenvalue weighted by Crippen LogP contribution is 2.19. The number of aromatic nitrogens is 1. The first-order valence-corrected chi connectivity index (χ1v) is 7.54. The maximum absolute atomic E-state index is 12.0. The molecule has 1 heterocycles. The van der Waals surface area contributed by atoms with Crippen LogP contribution in [0.25, 0.3) is 10.9 Å². The summed E-state index contributed by atoms with van der Waals surface area (Å²) in [6.45, 7) is 1.37. The number of amides is 1. The molecule has 1 atom stereocenters. The third-order valence-electron chi connectivity index (χ3n) is 3.85. The largest absolute Gasteiger partial charge is 0.479 e. The lowest BCUT2D eigenvalue weighted by Gasteiger charge is -2.25. The summed E-state index contributed by atoms with van der Waals surface area (Å²) >= 11 is 0.